The molecular formula is C18H20N6O. The van der Waals surface area contributed by atoms with E-state index in [4.69, 9.17) is 5.73 Å². The van der Waals surface area contributed by atoms with Gasteiger partial charge in [0.15, 0.2) is 11.6 Å². The monoisotopic (exact) mass is 336 g/mol. The summed E-state index contributed by atoms with van der Waals surface area (Å²) in [7, 11) is 0. The summed E-state index contributed by atoms with van der Waals surface area (Å²) in [5.74, 6) is 1.25. The van der Waals surface area contributed by atoms with Crippen LogP contribution in [0.15, 0.2) is 42.1 Å². The molecule has 0 bridgehead atoms. The first-order valence-electron chi connectivity index (χ1n) is 8.11. The quantitative estimate of drug-likeness (QED) is 0.695. The summed E-state index contributed by atoms with van der Waals surface area (Å²) < 4.78 is 1.65. The Hall–Kier alpha value is -3.09. The zero-order chi connectivity index (χ0) is 17.8. The fraction of sp³-hybridized carbons (Fsp3) is 0.278. The molecule has 0 saturated carbocycles. The molecule has 2 N–H and O–H groups in total. The second kappa shape index (κ2) is 7.21. The smallest absolute Gasteiger partial charge is 0.225 e. The molecular weight excluding hydrogens is 316 g/mol. The highest BCUT2D eigenvalue weighted by molar-refractivity contribution is 5.75. The molecule has 3 rings (SSSR count). The molecule has 0 aliphatic heterocycles. The van der Waals surface area contributed by atoms with Gasteiger partial charge in [0.05, 0.1) is 23.7 Å². The number of para-hydroxylation sites is 2. The Morgan fingerprint density at radius 3 is 2.68 bits per heavy atom. The van der Waals surface area contributed by atoms with E-state index in [2.05, 4.69) is 40.0 Å². The Bertz CT molecular complexity index is 940. The molecule has 128 valence electrons. The van der Waals surface area contributed by atoms with E-state index in [0.717, 1.165) is 23.3 Å². The van der Waals surface area contributed by atoms with E-state index < -0.39 is 5.91 Å². The van der Waals surface area contributed by atoms with Crippen LogP contribution in [0.5, 0.6) is 0 Å². The van der Waals surface area contributed by atoms with Crippen molar-refractivity contribution in [2.24, 2.45) is 5.73 Å². The van der Waals surface area contributed by atoms with Crippen molar-refractivity contribution in [3.05, 3.63) is 53.8 Å². The van der Waals surface area contributed by atoms with Crippen LogP contribution in [0, 0.1) is 0 Å². The van der Waals surface area contributed by atoms with Crippen LogP contribution >= 0.6 is 0 Å². The average Bonchev–Trinajstić information content (AvgIpc) is 2.96. The molecule has 25 heavy (non-hydrogen) atoms. The minimum absolute atomic E-state index is 0.00363. The Labute approximate surface area is 145 Å². The lowest BCUT2D eigenvalue weighted by Crippen LogP contribution is -2.14. The number of primary amides is 1. The highest BCUT2D eigenvalue weighted by atomic mass is 16.1. The molecule has 7 nitrogen and oxygen atoms in total. The summed E-state index contributed by atoms with van der Waals surface area (Å²) in [6.07, 6.45) is 5.32. The van der Waals surface area contributed by atoms with Crippen LogP contribution in [0.25, 0.3) is 16.9 Å². The minimum Gasteiger partial charge on any atom is -0.369 e. The predicted molar refractivity (Wildman–Crippen MR) is 95.1 cm³/mol. The SMILES string of the molecule is CC(C)=CCCc1nc(CC(N)=O)nn1-c1cnc2ccccc2n1. The van der Waals surface area contributed by atoms with E-state index in [1.54, 1.807) is 10.9 Å². The number of amides is 1. The third-order valence-corrected chi connectivity index (χ3v) is 3.62. The highest BCUT2D eigenvalue weighted by Gasteiger charge is 2.14. The molecule has 3 aromatic rings. The molecule has 0 aliphatic rings. The summed E-state index contributed by atoms with van der Waals surface area (Å²) in [5, 5.41) is 4.41. The van der Waals surface area contributed by atoms with E-state index in [0.29, 0.717) is 18.1 Å². The lowest BCUT2D eigenvalue weighted by molar-refractivity contribution is -0.117. The van der Waals surface area contributed by atoms with Gasteiger partial charge in [-0.1, -0.05) is 23.8 Å². The number of carbonyl (C=O) groups is 1. The number of aromatic nitrogens is 5. The Morgan fingerprint density at radius 1 is 1.20 bits per heavy atom. The zero-order valence-corrected chi connectivity index (χ0v) is 14.3. The first kappa shape index (κ1) is 16.8. The van der Waals surface area contributed by atoms with Crippen molar-refractivity contribution in [2.45, 2.75) is 33.1 Å². The molecule has 0 aliphatic carbocycles. The van der Waals surface area contributed by atoms with Gasteiger partial charge in [-0.05, 0) is 32.4 Å². The first-order valence-corrected chi connectivity index (χ1v) is 8.11. The van der Waals surface area contributed by atoms with Crippen molar-refractivity contribution in [2.75, 3.05) is 0 Å². The normalized spacial score (nSPS) is 10.8. The fourth-order valence-corrected chi connectivity index (χ4v) is 2.51. The molecule has 7 heteroatoms. The summed E-state index contributed by atoms with van der Waals surface area (Å²) >= 11 is 0. The number of nitrogens with zero attached hydrogens (tertiary/aromatic N) is 5. The van der Waals surface area contributed by atoms with E-state index in [-0.39, 0.29) is 6.42 Å². The number of benzene rings is 1. The van der Waals surface area contributed by atoms with Crippen LogP contribution in [0.2, 0.25) is 0 Å². The second-order valence-corrected chi connectivity index (χ2v) is 6.04. The van der Waals surface area contributed by atoms with E-state index in [1.807, 2.05) is 24.3 Å². The predicted octanol–water partition coefficient (Wildman–Crippen LogP) is 2.14. The maximum absolute atomic E-state index is 11.2. The third-order valence-electron chi connectivity index (χ3n) is 3.62. The zero-order valence-electron chi connectivity index (χ0n) is 14.3. The van der Waals surface area contributed by atoms with E-state index in [9.17, 15) is 4.79 Å². The number of fused-ring (bicyclic) bond motifs is 1. The number of allylic oxidation sites excluding steroid dienone is 2. The summed E-state index contributed by atoms with van der Waals surface area (Å²) in [5.41, 5.74) is 8.11. The van der Waals surface area contributed by atoms with Crippen LogP contribution in [0.3, 0.4) is 0 Å². The van der Waals surface area contributed by atoms with Crippen molar-refractivity contribution in [3.63, 3.8) is 0 Å². The lowest BCUT2D eigenvalue weighted by atomic mass is 10.2. The Kier molecular flexibility index (Phi) is 4.83. The Balaban J connectivity index is 1.99. The number of hydrogen-bond donors (Lipinski definition) is 1. The maximum Gasteiger partial charge on any atom is 0.225 e. The summed E-state index contributed by atoms with van der Waals surface area (Å²) in [6, 6.07) is 7.63. The average molecular weight is 336 g/mol. The van der Waals surface area contributed by atoms with Gasteiger partial charge in [0, 0.05) is 6.42 Å². The molecule has 0 radical (unpaired) electrons. The molecule has 0 fully saturated rings. The molecule has 1 aromatic carbocycles. The van der Waals surface area contributed by atoms with Crippen LogP contribution in [-0.2, 0) is 17.6 Å². The molecule has 0 saturated heterocycles. The number of carbonyl (C=O) groups excluding carboxylic acids is 1. The van der Waals surface area contributed by atoms with Crippen molar-refractivity contribution in [1.82, 2.24) is 24.7 Å². The Morgan fingerprint density at radius 2 is 1.96 bits per heavy atom. The molecule has 1 amide bonds. The van der Waals surface area contributed by atoms with Crippen LogP contribution in [0.1, 0.15) is 31.9 Å². The van der Waals surface area contributed by atoms with Gasteiger partial charge in [0.25, 0.3) is 0 Å². The number of nitrogens with two attached hydrogens (primary N) is 1. The van der Waals surface area contributed by atoms with Crippen LogP contribution in [0.4, 0.5) is 0 Å². The molecule has 0 unspecified atom stereocenters. The fourth-order valence-electron chi connectivity index (χ4n) is 2.51. The van der Waals surface area contributed by atoms with Gasteiger partial charge in [0.1, 0.15) is 5.82 Å². The van der Waals surface area contributed by atoms with Crippen molar-refractivity contribution < 1.29 is 4.79 Å². The molecule has 2 aromatic heterocycles. The maximum atomic E-state index is 11.2. The molecule has 0 atom stereocenters. The third kappa shape index (κ3) is 4.06. The van der Waals surface area contributed by atoms with Gasteiger partial charge in [-0.3, -0.25) is 9.78 Å². The summed E-state index contributed by atoms with van der Waals surface area (Å²) in [4.78, 5) is 24.7. The lowest BCUT2D eigenvalue weighted by Gasteiger charge is -2.05. The highest BCUT2D eigenvalue weighted by Crippen LogP contribution is 2.14. The summed E-state index contributed by atoms with van der Waals surface area (Å²) in [6.45, 7) is 4.11. The van der Waals surface area contributed by atoms with Crippen molar-refractivity contribution in [3.8, 4) is 5.82 Å². The first-order chi connectivity index (χ1) is 12.0. The topological polar surface area (TPSA) is 99.6 Å². The van der Waals surface area contributed by atoms with Crippen molar-refractivity contribution >= 4 is 16.9 Å². The minimum atomic E-state index is -0.461. The van der Waals surface area contributed by atoms with Gasteiger partial charge < -0.3 is 5.73 Å². The van der Waals surface area contributed by atoms with Crippen molar-refractivity contribution in [1.29, 1.82) is 0 Å². The van der Waals surface area contributed by atoms with Gasteiger partial charge in [-0.15, -0.1) is 5.10 Å². The van der Waals surface area contributed by atoms with Gasteiger partial charge in [-0.25, -0.2) is 9.97 Å². The number of rotatable bonds is 6. The van der Waals surface area contributed by atoms with Gasteiger partial charge in [0.2, 0.25) is 5.91 Å². The largest absolute Gasteiger partial charge is 0.369 e. The van der Waals surface area contributed by atoms with E-state index in [1.165, 1.54) is 5.57 Å². The van der Waals surface area contributed by atoms with E-state index >= 15 is 0 Å². The molecule has 0 spiro atoms. The molecule has 2 heterocycles. The van der Waals surface area contributed by atoms with Gasteiger partial charge >= 0.3 is 0 Å². The standard InChI is InChI=1S/C18H20N6O/c1-12(2)6-5-9-17-22-16(10-15(19)25)23-24(17)18-11-20-13-7-3-4-8-14(13)21-18/h3-4,6-8,11H,5,9-10H2,1-2H3,(H2,19,25). The number of aryl methyl sites for hydroxylation is 1. The van der Waals surface area contributed by atoms with Crippen LogP contribution in [-0.4, -0.2) is 30.6 Å². The van der Waals surface area contributed by atoms with Gasteiger partial charge in [-0.2, -0.15) is 4.68 Å². The van der Waals surface area contributed by atoms with Crippen LogP contribution < -0.4 is 5.73 Å². The number of hydrogen-bond acceptors (Lipinski definition) is 5. The second-order valence-electron chi connectivity index (χ2n) is 6.04.